The number of carbonyl (C=O) groups excluding carboxylic acids is 1. The van der Waals surface area contributed by atoms with Crippen molar-refractivity contribution in [1.82, 2.24) is 0 Å². The van der Waals surface area contributed by atoms with Gasteiger partial charge in [-0.15, -0.1) is 0 Å². The molecular formula is C7H7BFNO3. The number of carbonyl (C=O) groups is 1. The molecule has 1 aromatic carbocycles. The molecule has 0 fully saturated rings. The van der Waals surface area contributed by atoms with Gasteiger partial charge in [0, 0.05) is 5.56 Å². The van der Waals surface area contributed by atoms with Crippen LogP contribution in [0, 0.1) is 5.82 Å². The summed E-state index contributed by atoms with van der Waals surface area (Å²) >= 11 is 0. The first-order chi connectivity index (χ1) is 6.06. The van der Waals surface area contributed by atoms with Crippen LogP contribution in [0.25, 0.3) is 0 Å². The summed E-state index contributed by atoms with van der Waals surface area (Å²) in [4.78, 5) is 10.3. The van der Waals surface area contributed by atoms with Gasteiger partial charge in [0.05, 0.1) is 5.69 Å². The Hall–Kier alpha value is -1.40. The molecule has 0 aliphatic heterocycles. The van der Waals surface area contributed by atoms with Crippen molar-refractivity contribution in [1.29, 1.82) is 0 Å². The summed E-state index contributed by atoms with van der Waals surface area (Å²) in [6.07, 6.45) is 0.351. The number of hydrogen-bond acceptors (Lipinski definition) is 4. The monoisotopic (exact) mass is 183 g/mol. The molecule has 4 N–H and O–H groups in total. The minimum atomic E-state index is -1.81. The molecule has 0 saturated heterocycles. The summed E-state index contributed by atoms with van der Waals surface area (Å²) in [5, 5.41) is 17.4. The fraction of sp³-hybridized carbons (Fsp3) is 0. The van der Waals surface area contributed by atoms with Gasteiger partial charge in [0.15, 0.2) is 6.29 Å². The Morgan fingerprint density at radius 3 is 2.54 bits per heavy atom. The van der Waals surface area contributed by atoms with Crippen LogP contribution in [-0.2, 0) is 0 Å². The van der Waals surface area contributed by atoms with E-state index >= 15 is 0 Å². The van der Waals surface area contributed by atoms with E-state index in [9.17, 15) is 9.18 Å². The Morgan fingerprint density at radius 1 is 1.46 bits per heavy atom. The highest BCUT2D eigenvalue weighted by Gasteiger charge is 2.15. The van der Waals surface area contributed by atoms with Gasteiger partial charge < -0.3 is 15.8 Å². The molecule has 0 aliphatic rings. The Bertz CT molecular complexity index is 343. The lowest BCUT2D eigenvalue weighted by molar-refractivity contribution is 0.112. The maximum Gasteiger partial charge on any atom is 0.488 e. The maximum absolute atomic E-state index is 12.9. The number of benzene rings is 1. The second kappa shape index (κ2) is 3.55. The molecule has 0 radical (unpaired) electrons. The number of halogens is 1. The molecule has 6 heteroatoms. The van der Waals surface area contributed by atoms with E-state index in [1.165, 1.54) is 0 Å². The number of hydrogen-bond donors (Lipinski definition) is 3. The Kier molecular flexibility index (Phi) is 2.65. The lowest BCUT2D eigenvalue weighted by Gasteiger charge is -2.04. The van der Waals surface area contributed by atoms with Crippen molar-refractivity contribution in [3.63, 3.8) is 0 Å². The quantitative estimate of drug-likeness (QED) is 0.308. The van der Waals surface area contributed by atoms with Gasteiger partial charge in [0.2, 0.25) is 0 Å². The van der Waals surface area contributed by atoms with Crippen molar-refractivity contribution in [2.75, 3.05) is 5.73 Å². The Labute approximate surface area is 73.9 Å². The third kappa shape index (κ3) is 1.85. The third-order valence-electron chi connectivity index (χ3n) is 1.61. The van der Waals surface area contributed by atoms with Crippen LogP contribution in [0.4, 0.5) is 10.1 Å². The van der Waals surface area contributed by atoms with Gasteiger partial charge in [-0.1, -0.05) is 0 Å². The van der Waals surface area contributed by atoms with E-state index in [4.69, 9.17) is 15.8 Å². The van der Waals surface area contributed by atoms with E-state index in [-0.39, 0.29) is 16.7 Å². The van der Waals surface area contributed by atoms with Crippen molar-refractivity contribution in [3.05, 3.63) is 23.5 Å². The summed E-state index contributed by atoms with van der Waals surface area (Å²) in [5.74, 6) is -0.840. The van der Waals surface area contributed by atoms with Crippen LogP contribution in [0.15, 0.2) is 12.1 Å². The van der Waals surface area contributed by atoms with Gasteiger partial charge in [-0.25, -0.2) is 4.39 Å². The van der Waals surface area contributed by atoms with E-state index in [1.54, 1.807) is 0 Å². The second-order valence-corrected chi connectivity index (χ2v) is 2.50. The fourth-order valence-corrected chi connectivity index (χ4v) is 0.908. The van der Waals surface area contributed by atoms with Crippen molar-refractivity contribution in [2.24, 2.45) is 0 Å². The van der Waals surface area contributed by atoms with Gasteiger partial charge in [0.25, 0.3) is 0 Å². The second-order valence-electron chi connectivity index (χ2n) is 2.50. The van der Waals surface area contributed by atoms with E-state index in [0.29, 0.717) is 6.29 Å². The normalized spacial score (nSPS) is 9.77. The summed E-state index contributed by atoms with van der Waals surface area (Å²) in [6.45, 7) is 0. The van der Waals surface area contributed by atoms with Crippen LogP contribution in [0.3, 0.4) is 0 Å². The molecule has 0 amide bonds. The molecule has 1 rings (SSSR count). The number of aldehydes is 1. The number of anilines is 1. The van der Waals surface area contributed by atoms with E-state index in [1.807, 2.05) is 0 Å². The SMILES string of the molecule is Nc1c(F)cc(B(O)O)cc1C=O. The van der Waals surface area contributed by atoms with Crippen molar-refractivity contribution >= 4 is 24.6 Å². The topological polar surface area (TPSA) is 83.6 Å². The summed E-state index contributed by atoms with van der Waals surface area (Å²) in [6, 6.07) is 1.99. The fourth-order valence-electron chi connectivity index (χ4n) is 0.908. The zero-order valence-electron chi connectivity index (χ0n) is 6.57. The van der Waals surface area contributed by atoms with Crippen LogP contribution < -0.4 is 11.2 Å². The number of rotatable bonds is 2. The number of nitrogens with two attached hydrogens (primary N) is 1. The minimum absolute atomic E-state index is 0.0944. The van der Waals surface area contributed by atoms with Gasteiger partial charge in [-0.2, -0.15) is 0 Å². The summed E-state index contributed by atoms with van der Waals surface area (Å²) in [7, 11) is -1.81. The first kappa shape index (κ1) is 9.69. The molecule has 0 saturated carbocycles. The summed E-state index contributed by atoms with van der Waals surface area (Å²) < 4.78 is 12.9. The average molecular weight is 183 g/mol. The molecule has 68 valence electrons. The van der Waals surface area contributed by atoms with Crippen LogP contribution in [-0.4, -0.2) is 23.5 Å². The van der Waals surface area contributed by atoms with Crippen LogP contribution in [0.2, 0.25) is 0 Å². The molecule has 0 unspecified atom stereocenters. The van der Waals surface area contributed by atoms with Gasteiger partial charge in [-0.05, 0) is 17.6 Å². The zero-order chi connectivity index (χ0) is 10.0. The molecule has 0 bridgehead atoms. The average Bonchev–Trinajstić information content (AvgIpc) is 2.09. The van der Waals surface area contributed by atoms with Gasteiger partial charge in [-0.3, -0.25) is 4.79 Å². The molecule has 0 aromatic heterocycles. The van der Waals surface area contributed by atoms with E-state index in [2.05, 4.69) is 0 Å². The molecule has 0 spiro atoms. The van der Waals surface area contributed by atoms with Crippen LogP contribution in [0.1, 0.15) is 10.4 Å². The van der Waals surface area contributed by atoms with Crippen LogP contribution >= 0.6 is 0 Å². The molecule has 0 aliphatic carbocycles. The van der Waals surface area contributed by atoms with Crippen molar-refractivity contribution in [3.8, 4) is 0 Å². The standard InChI is InChI=1S/C7H7BFNO3/c9-6-2-5(8(12)13)1-4(3-11)7(6)10/h1-3,12-13H,10H2. The van der Waals surface area contributed by atoms with Crippen molar-refractivity contribution < 1.29 is 19.2 Å². The van der Waals surface area contributed by atoms with Gasteiger partial charge >= 0.3 is 7.12 Å². The molecule has 4 nitrogen and oxygen atoms in total. The molecule has 0 atom stereocenters. The molecular weight excluding hydrogens is 176 g/mol. The van der Waals surface area contributed by atoms with Gasteiger partial charge in [0.1, 0.15) is 5.82 Å². The van der Waals surface area contributed by atoms with E-state index in [0.717, 1.165) is 12.1 Å². The third-order valence-corrected chi connectivity index (χ3v) is 1.61. The lowest BCUT2D eigenvalue weighted by atomic mass is 9.79. The first-order valence-electron chi connectivity index (χ1n) is 3.46. The van der Waals surface area contributed by atoms with Crippen LogP contribution in [0.5, 0.6) is 0 Å². The minimum Gasteiger partial charge on any atom is -0.423 e. The molecule has 13 heavy (non-hydrogen) atoms. The lowest BCUT2D eigenvalue weighted by Crippen LogP contribution is -2.31. The maximum atomic E-state index is 12.9. The van der Waals surface area contributed by atoms with Crippen molar-refractivity contribution in [2.45, 2.75) is 0 Å². The van der Waals surface area contributed by atoms with E-state index < -0.39 is 12.9 Å². The smallest absolute Gasteiger partial charge is 0.423 e. The predicted molar refractivity (Wildman–Crippen MR) is 46.0 cm³/mol. The highest BCUT2D eigenvalue weighted by atomic mass is 19.1. The predicted octanol–water partition coefficient (Wildman–Crippen LogP) is -1.10. The molecule has 1 aromatic rings. The highest BCUT2D eigenvalue weighted by molar-refractivity contribution is 6.58. The largest absolute Gasteiger partial charge is 0.488 e. The number of nitrogen functional groups attached to an aromatic ring is 1. The Balaban J connectivity index is 3.30. The summed E-state index contributed by atoms with van der Waals surface area (Å²) in [5.41, 5.74) is 4.70. The zero-order valence-corrected chi connectivity index (χ0v) is 6.57. The Morgan fingerprint density at radius 2 is 2.08 bits per heavy atom. The first-order valence-corrected chi connectivity index (χ1v) is 3.46. The molecule has 0 heterocycles. The highest BCUT2D eigenvalue weighted by Crippen LogP contribution is 2.12.